The first-order chi connectivity index (χ1) is 9.22. The third-order valence-electron chi connectivity index (χ3n) is 2.78. The Morgan fingerprint density at radius 1 is 1.37 bits per heavy atom. The maximum atomic E-state index is 11.9. The summed E-state index contributed by atoms with van der Waals surface area (Å²) in [5.74, 6) is 0.705. The van der Waals surface area contributed by atoms with Crippen LogP contribution >= 0.6 is 0 Å². The van der Waals surface area contributed by atoms with E-state index in [0.717, 1.165) is 17.9 Å². The van der Waals surface area contributed by atoms with Gasteiger partial charge in [0.2, 0.25) is 0 Å². The fourth-order valence-corrected chi connectivity index (χ4v) is 1.66. The molecule has 2 rings (SSSR count). The summed E-state index contributed by atoms with van der Waals surface area (Å²) < 4.78 is 6.87. The quantitative estimate of drug-likeness (QED) is 0.610. The predicted octanol–water partition coefficient (Wildman–Crippen LogP) is 2.81. The van der Waals surface area contributed by atoms with E-state index in [1.165, 1.54) is 0 Å². The molecular formula is C15H16N2O2. The second-order valence-electron chi connectivity index (χ2n) is 4.06. The van der Waals surface area contributed by atoms with Gasteiger partial charge in [0, 0.05) is 23.9 Å². The van der Waals surface area contributed by atoms with Crippen molar-refractivity contribution in [2.24, 2.45) is 0 Å². The average molecular weight is 256 g/mol. The second-order valence-corrected chi connectivity index (χ2v) is 4.06. The first kappa shape index (κ1) is 13.1. The first-order valence-corrected chi connectivity index (χ1v) is 6.12. The Labute approximate surface area is 112 Å². The van der Waals surface area contributed by atoms with Gasteiger partial charge in [-0.05, 0) is 43.3 Å². The van der Waals surface area contributed by atoms with Crippen molar-refractivity contribution < 1.29 is 9.53 Å². The number of ether oxygens (including phenoxy) is 1. The Kier molecular flexibility index (Phi) is 4.13. The summed E-state index contributed by atoms with van der Waals surface area (Å²) in [7, 11) is 1.60. The Bertz CT molecular complexity index is 582. The van der Waals surface area contributed by atoms with Crippen molar-refractivity contribution in [2.75, 3.05) is 7.11 Å². The van der Waals surface area contributed by atoms with E-state index in [-0.39, 0.29) is 5.78 Å². The molecule has 0 bridgehead atoms. The minimum atomic E-state index is -0.0353. The number of rotatable bonds is 5. The highest BCUT2D eigenvalue weighted by Gasteiger charge is 2.02. The SMILES string of the molecule is CCn1cc(C=CC(=O)c2ccc(OC)cc2)cn1. The zero-order valence-electron chi connectivity index (χ0n) is 11.0. The van der Waals surface area contributed by atoms with Gasteiger partial charge in [-0.3, -0.25) is 9.48 Å². The Morgan fingerprint density at radius 2 is 2.11 bits per heavy atom. The van der Waals surface area contributed by atoms with Gasteiger partial charge in [-0.1, -0.05) is 0 Å². The molecular weight excluding hydrogens is 240 g/mol. The van der Waals surface area contributed by atoms with Crippen LogP contribution < -0.4 is 4.74 Å². The van der Waals surface area contributed by atoms with Crippen LogP contribution in [0.5, 0.6) is 5.75 Å². The fourth-order valence-electron chi connectivity index (χ4n) is 1.66. The molecule has 1 heterocycles. The lowest BCUT2D eigenvalue weighted by Gasteiger charge is -1.99. The van der Waals surface area contributed by atoms with Crippen molar-refractivity contribution >= 4 is 11.9 Å². The van der Waals surface area contributed by atoms with E-state index in [0.29, 0.717) is 5.56 Å². The summed E-state index contributed by atoms with van der Waals surface area (Å²) in [5.41, 5.74) is 1.56. The zero-order chi connectivity index (χ0) is 13.7. The van der Waals surface area contributed by atoms with Crippen molar-refractivity contribution in [3.63, 3.8) is 0 Å². The van der Waals surface area contributed by atoms with Gasteiger partial charge in [0.15, 0.2) is 5.78 Å². The molecule has 0 atom stereocenters. The van der Waals surface area contributed by atoms with E-state index in [1.807, 2.05) is 17.8 Å². The van der Waals surface area contributed by atoms with Crippen LogP contribution in [0.4, 0.5) is 0 Å². The number of ketones is 1. The van der Waals surface area contributed by atoms with Crippen LogP contribution in [0.1, 0.15) is 22.8 Å². The largest absolute Gasteiger partial charge is 0.497 e. The smallest absolute Gasteiger partial charge is 0.185 e. The summed E-state index contributed by atoms with van der Waals surface area (Å²) >= 11 is 0. The van der Waals surface area contributed by atoms with Crippen molar-refractivity contribution in [1.29, 1.82) is 0 Å². The van der Waals surface area contributed by atoms with Gasteiger partial charge in [-0.15, -0.1) is 0 Å². The van der Waals surface area contributed by atoms with Crippen LogP contribution in [0.3, 0.4) is 0 Å². The van der Waals surface area contributed by atoms with E-state index in [4.69, 9.17) is 4.74 Å². The Morgan fingerprint density at radius 3 is 2.68 bits per heavy atom. The summed E-state index contributed by atoms with van der Waals surface area (Å²) in [6, 6.07) is 7.05. The number of nitrogens with zero attached hydrogens (tertiary/aromatic N) is 2. The zero-order valence-corrected chi connectivity index (χ0v) is 11.0. The maximum Gasteiger partial charge on any atom is 0.185 e. The standard InChI is InChI=1S/C15H16N2O2/c1-3-17-11-12(10-16-17)4-9-15(18)13-5-7-14(19-2)8-6-13/h4-11H,3H2,1-2H3. The van der Waals surface area contributed by atoms with Gasteiger partial charge in [0.25, 0.3) is 0 Å². The van der Waals surface area contributed by atoms with Crippen molar-refractivity contribution in [1.82, 2.24) is 9.78 Å². The maximum absolute atomic E-state index is 11.9. The highest BCUT2D eigenvalue weighted by atomic mass is 16.5. The number of allylic oxidation sites excluding steroid dienone is 1. The number of carbonyl (C=O) groups excluding carboxylic acids is 1. The molecule has 0 saturated carbocycles. The van der Waals surface area contributed by atoms with Crippen LogP contribution in [0.15, 0.2) is 42.7 Å². The van der Waals surface area contributed by atoms with Gasteiger partial charge in [0.1, 0.15) is 5.75 Å². The van der Waals surface area contributed by atoms with Gasteiger partial charge in [-0.25, -0.2) is 0 Å². The van der Waals surface area contributed by atoms with Crippen LogP contribution in [0.25, 0.3) is 6.08 Å². The minimum Gasteiger partial charge on any atom is -0.497 e. The number of aromatic nitrogens is 2. The van der Waals surface area contributed by atoms with E-state index in [9.17, 15) is 4.79 Å². The topological polar surface area (TPSA) is 44.1 Å². The molecule has 0 aliphatic heterocycles. The Balaban J connectivity index is 2.07. The molecule has 19 heavy (non-hydrogen) atoms. The van der Waals surface area contributed by atoms with Crippen LogP contribution in [-0.2, 0) is 6.54 Å². The van der Waals surface area contributed by atoms with Crippen LogP contribution in [0, 0.1) is 0 Å². The molecule has 0 spiro atoms. The average Bonchev–Trinajstić information content (AvgIpc) is 2.93. The molecule has 1 aromatic carbocycles. The van der Waals surface area contributed by atoms with Crippen LogP contribution in [0.2, 0.25) is 0 Å². The normalized spacial score (nSPS) is 10.8. The summed E-state index contributed by atoms with van der Waals surface area (Å²) in [4.78, 5) is 11.9. The fraction of sp³-hybridized carbons (Fsp3) is 0.200. The van der Waals surface area contributed by atoms with Gasteiger partial charge < -0.3 is 4.74 Å². The minimum absolute atomic E-state index is 0.0353. The third-order valence-corrected chi connectivity index (χ3v) is 2.78. The lowest BCUT2D eigenvalue weighted by atomic mass is 10.1. The molecule has 0 amide bonds. The monoisotopic (exact) mass is 256 g/mol. The Hall–Kier alpha value is -2.36. The van der Waals surface area contributed by atoms with E-state index >= 15 is 0 Å². The number of carbonyl (C=O) groups is 1. The summed E-state index contributed by atoms with van der Waals surface area (Å²) in [6.45, 7) is 2.84. The number of aryl methyl sites for hydroxylation is 1. The van der Waals surface area contributed by atoms with E-state index < -0.39 is 0 Å². The summed E-state index contributed by atoms with van der Waals surface area (Å²) in [6.07, 6.45) is 6.96. The predicted molar refractivity (Wildman–Crippen MR) is 74.3 cm³/mol. The molecule has 0 radical (unpaired) electrons. The first-order valence-electron chi connectivity index (χ1n) is 6.12. The molecule has 0 N–H and O–H groups in total. The molecule has 0 aliphatic carbocycles. The van der Waals surface area contributed by atoms with Crippen molar-refractivity contribution in [2.45, 2.75) is 13.5 Å². The van der Waals surface area contributed by atoms with E-state index in [1.54, 1.807) is 49.7 Å². The molecule has 0 fully saturated rings. The molecule has 0 unspecified atom stereocenters. The molecule has 1 aromatic heterocycles. The van der Waals surface area contributed by atoms with Gasteiger partial charge in [0.05, 0.1) is 13.3 Å². The number of hydrogen-bond acceptors (Lipinski definition) is 3. The molecule has 4 heteroatoms. The van der Waals surface area contributed by atoms with Gasteiger partial charge in [-0.2, -0.15) is 5.10 Å². The number of methoxy groups -OCH3 is 1. The molecule has 4 nitrogen and oxygen atoms in total. The molecule has 0 aliphatic rings. The lowest BCUT2D eigenvalue weighted by molar-refractivity contribution is 0.104. The molecule has 98 valence electrons. The number of hydrogen-bond donors (Lipinski definition) is 0. The van der Waals surface area contributed by atoms with Crippen molar-refractivity contribution in [3.8, 4) is 5.75 Å². The van der Waals surface area contributed by atoms with E-state index in [2.05, 4.69) is 5.10 Å². The third kappa shape index (κ3) is 3.31. The molecule has 0 saturated heterocycles. The van der Waals surface area contributed by atoms with Crippen molar-refractivity contribution in [3.05, 3.63) is 53.9 Å². The van der Waals surface area contributed by atoms with Gasteiger partial charge >= 0.3 is 0 Å². The lowest BCUT2D eigenvalue weighted by Crippen LogP contribution is -1.94. The highest BCUT2D eigenvalue weighted by Crippen LogP contribution is 2.12. The highest BCUT2D eigenvalue weighted by molar-refractivity contribution is 6.06. The van der Waals surface area contributed by atoms with Crippen LogP contribution in [-0.4, -0.2) is 22.7 Å². The number of benzene rings is 1. The molecule has 2 aromatic rings. The second kappa shape index (κ2) is 6.00. The summed E-state index contributed by atoms with van der Waals surface area (Å²) in [5, 5.41) is 4.15.